The molecule has 0 bridgehead atoms. The number of hydrogen-bond acceptors (Lipinski definition) is 3. The van der Waals surface area contributed by atoms with Crippen LogP contribution in [0.3, 0.4) is 0 Å². The summed E-state index contributed by atoms with van der Waals surface area (Å²) in [5.41, 5.74) is 0.545. The zero-order chi connectivity index (χ0) is 14.8. The highest BCUT2D eigenvalue weighted by Gasteiger charge is 2.35. The zero-order valence-corrected chi connectivity index (χ0v) is 14.0. The SMILES string of the molecule is COc1ccc(Br)cc1CC(=O)C(C)(C)N1CCCC1. The molecule has 4 heteroatoms. The lowest BCUT2D eigenvalue weighted by Gasteiger charge is -2.34. The monoisotopic (exact) mass is 339 g/mol. The fourth-order valence-corrected chi connectivity index (χ4v) is 3.14. The van der Waals surface area contributed by atoms with Crippen molar-refractivity contribution in [1.82, 2.24) is 4.90 Å². The lowest BCUT2D eigenvalue weighted by molar-refractivity contribution is -0.128. The fourth-order valence-electron chi connectivity index (χ4n) is 2.73. The fraction of sp³-hybridized carbons (Fsp3) is 0.562. The first-order valence-corrected chi connectivity index (χ1v) is 7.85. The molecule has 110 valence electrons. The second-order valence-corrected chi connectivity index (χ2v) is 6.72. The number of hydrogen-bond donors (Lipinski definition) is 0. The Morgan fingerprint density at radius 3 is 2.60 bits per heavy atom. The normalized spacial score (nSPS) is 16.4. The largest absolute Gasteiger partial charge is 0.496 e. The predicted molar refractivity (Wildman–Crippen MR) is 84.3 cm³/mol. The number of likely N-dealkylation sites (tertiary alicyclic amines) is 1. The Bertz CT molecular complexity index is 493. The van der Waals surface area contributed by atoms with Gasteiger partial charge in [-0.2, -0.15) is 0 Å². The van der Waals surface area contributed by atoms with Crippen molar-refractivity contribution in [2.45, 2.75) is 38.6 Å². The third-order valence-electron chi connectivity index (χ3n) is 4.17. The highest BCUT2D eigenvalue weighted by Crippen LogP contribution is 2.27. The molecule has 0 aromatic heterocycles. The number of carbonyl (C=O) groups excluding carboxylic acids is 1. The lowest BCUT2D eigenvalue weighted by Crippen LogP contribution is -2.49. The number of halogens is 1. The summed E-state index contributed by atoms with van der Waals surface area (Å²) in [5, 5.41) is 0. The molecule has 1 aromatic carbocycles. The van der Waals surface area contributed by atoms with Gasteiger partial charge in [0.05, 0.1) is 12.6 Å². The first-order chi connectivity index (χ1) is 9.45. The molecular weight excluding hydrogens is 318 g/mol. The summed E-state index contributed by atoms with van der Waals surface area (Å²) in [6, 6.07) is 5.80. The van der Waals surface area contributed by atoms with Gasteiger partial charge in [0.2, 0.25) is 0 Å². The van der Waals surface area contributed by atoms with Crippen molar-refractivity contribution in [2.24, 2.45) is 0 Å². The van der Waals surface area contributed by atoms with Gasteiger partial charge >= 0.3 is 0 Å². The molecule has 1 aromatic rings. The number of ether oxygens (including phenoxy) is 1. The van der Waals surface area contributed by atoms with E-state index >= 15 is 0 Å². The Morgan fingerprint density at radius 1 is 1.35 bits per heavy atom. The minimum Gasteiger partial charge on any atom is -0.496 e. The topological polar surface area (TPSA) is 29.5 Å². The first kappa shape index (κ1) is 15.5. The Morgan fingerprint density at radius 2 is 2.00 bits per heavy atom. The van der Waals surface area contributed by atoms with Crippen molar-refractivity contribution in [3.63, 3.8) is 0 Å². The van der Waals surface area contributed by atoms with E-state index in [4.69, 9.17) is 4.74 Å². The van der Waals surface area contributed by atoms with E-state index in [1.54, 1.807) is 7.11 Å². The number of methoxy groups -OCH3 is 1. The van der Waals surface area contributed by atoms with Crippen LogP contribution < -0.4 is 4.74 Å². The Kier molecular flexibility index (Phi) is 4.86. The third-order valence-corrected chi connectivity index (χ3v) is 4.67. The number of rotatable bonds is 5. The Labute approximate surface area is 129 Å². The van der Waals surface area contributed by atoms with Gasteiger partial charge in [-0.15, -0.1) is 0 Å². The summed E-state index contributed by atoms with van der Waals surface area (Å²) in [7, 11) is 1.64. The van der Waals surface area contributed by atoms with E-state index in [2.05, 4.69) is 20.8 Å². The van der Waals surface area contributed by atoms with Crippen molar-refractivity contribution in [1.29, 1.82) is 0 Å². The van der Waals surface area contributed by atoms with Crippen LogP contribution in [0.2, 0.25) is 0 Å². The maximum atomic E-state index is 12.7. The van der Waals surface area contributed by atoms with Crippen molar-refractivity contribution in [3.8, 4) is 5.75 Å². The van der Waals surface area contributed by atoms with Crippen LogP contribution in [-0.2, 0) is 11.2 Å². The third kappa shape index (κ3) is 3.23. The van der Waals surface area contributed by atoms with Crippen LogP contribution in [0.1, 0.15) is 32.3 Å². The molecule has 1 aliphatic heterocycles. The van der Waals surface area contributed by atoms with Crippen molar-refractivity contribution < 1.29 is 9.53 Å². The van der Waals surface area contributed by atoms with E-state index in [1.165, 1.54) is 12.8 Å². The first-order valence-electron chi connectivity index (χ1n) is 7.06. The molecule has 0 saturated carbocycles. The zero-order valence-electron chi connectivity index (χ0n) is 12.4. The summed E-state index contributed by atoms with van der Waals surface area (Å²) in [5.74, 6) is 1.02. The summed E-state index contributed by atoms with van der Waals surface area (Å²) in [4.78, 5) is 15.0. The molecule has 3 nitrogen and oxygen atoms in total. The summed E-state index contributed by atoms with van der Waals surface area (Å²) in [6.07, 6.45) is 2.79. The minimum atomic E-state index is -0.399. The molecule has 0 amide bonds. The molecule has 1 heterocycles. The lowest BCUT2D eigenvalue weighted by atomic mass is 9.91. The smallest absolute Gasteiger partial charge is 0.157 e. The highest BCUT2D eigenvalue weighted by atomic mass is 79.9. The van der Waals surface area contributed by atoms with E-state index in [-0.39, 0.29) is 5.78 Å². The average molecular weight is 340 g/mol. The van der Waals surface area contributed by atoms with Crippen LogP contribution >= 0.6 is 15.9 Å². The van der Waals surface area contributed by atoms with Crippen LogP contribution in [0.4, 0.5) is 0 Å². The maximum Gasteiger partial charge on any atom is 0.157 e. The van der Waals surface area contributed by atoms with Crippen LogP contribution in [0.15, 0.2) is 22.7 Å². The molecule has 20 heavy (non-hydrogen) atoms. The molecule has 1 aliphatic rings. The predicted octanol–water partition coefficient (Wildman–Crippen LogP) is 3.44. The van der Waals surface area contributed by atoms with Gasteiger partial charge in [0.25, 0.3) is 0 Å². The highest BCUT2D eigenvalue weighted by molar-refractivity contribution is 9.10. The summed E-state index contributed by atoms with van der Waals surface area (Å²) >= 11 is 3.45. The van der Waals surface area contributed by atoms with Gasteiger partial charge in [-0.05, 0) is 58.0 Å². The number of Topliss-reactive ketones (excluding diaryl/α,β-unsaturated/α-hetero) is 1. The average Bonchev–Trinajstić information content (AvgIpc) is 2.93. The molecule has 0 spiro atoms. The van der Waals surface area contributed by atoms with Crippen molar-refractivity contribution in [2.75, 3.05) is 20.2 Å². The number of carbonyl (C=O) groups is 1. The maximum absolute atomic E-state index is 12.7. The van der Waals surface area contributed by atoms with E-state index in [1.807, 2.05) is 32.0 Å². The van der Waals surface area contributed by atoms with Gasteiger partial charge in [0.15, 0.2) is 5.78 Å². The Balaban J connectivity index is 2.16. The standard InChI is InChI=1S/C16H22BrNO2/c1-16(2,18-8-4-5-9-18)15(19)11-12-10-13(17)6-7-14(12)20-3/h6-7,10H,4-5,8-9,11H2,1-3H3. The number of ketones is 1. The van der Waals surface area contributed by atoms with E-state index < -0.39 is 5.54 Å². The van der Waals surface area contributed by atoms with Crippen molar-refractivity contribution >= 4 is 21.7 Å². The molecule has 2 rings (SSSR count). The van der Waals surface area contributed by atoms with Gasteiger partial charge in [-0.1, -0.05) is 15.9 Å². The van der Waals surface area contributed by atoms with Gasteiger partial charge in [-0.25, -0.2) is 0 Å². The van der Waals surface area contributed by atoms with Crippen molar-refractivity contribution in [3.05, 3.63) is 28.2 Å². The van der Waals surface area contributed by atoms with E-state index in [0.29, 0.717) is 6.42 Å². The molecular formula is C16H22BrNO2. The van der Waals surface area contributed by atoms with Gasteiger partial charge in [-0.3, -0.25) is 9.69 Å². The molecule has 1 saturated heterocycles. The van der Waals surface area contributed by atoms with Crippen LogP contribution in [0, 0.1) is 0 Å². The minimum absolute atomic E-state index is 0.246. The molecule has 0 radical (unpaired) electrons. The van der Waals surface area contributed by atoms with Gasteiger partial charge < -0.3 is 4.74 Å². The molecule has 0 unspecified atom stereocenters. The number of benzene rings is 1. The number of nitrogens with zero attached hydrogens (tertiary/aromatic N) is 1. The molecule has 1 fully saturated rings. The second kappa shape index (κ2) is 6.27. The second-order valence-electron chi connectivity index (χ2n) is 5.81. The van der Waals surface area contributed by atoms with E-state index in [9.17, 15) is 4.79 Å². The van der Waals surface area contributed by atoms with Gasteiger partial charge in [0, 0.05) is 16.5 Å². The molecule has 0 aliphatic carbocycles. The molecule has 0 N–H and O–H groups in total. The Hall–Kier alpha value is -0.870. The van der Waals surface area contributed by atoms with E-state index in [0.717, 1.165) is 28.9 Å². The van der Waals surface area contributed by atoms with Crippen LogP contribution in [0.25, 0.3) is 0 Å². The summed E-state index contributed by atoms with van der Waals surface area (Å²) < 4.78 is 6.32. The van der Waals surface area contributed by atoms with Crippen LogP contribution in [0.5, 0.6) is 5.75 Å². The molecule has 0 atom stereocenters. The van der Waals surface area contributed by atoms with Gasteiger partial charge in [0.1, 0.15) is 5.75 Å². The van der Waals surface area contributed by atoms with Crippen LogP contribution in [-0.4, -0.2) is 36.4 Å². The quantitative estimate of drug-likeness (QED) is 0.822. The summed E-state index contributed by atoms with van der Waals surface area (Å²) in [6.45, 7) is 6.11.